The zero-order chi connectivity index (χ0) is 9.40. The summed E-state index contributed by atoms with van der Waals surface area (Å²) in [5.74, 6) is -1.76. The molecule has 0 aliphatic carbocycles. The van der Waals surface area contributed by atoms with Gasteiger partial charge >= 0.3 is 5.97 Å². The minimum atomic E-state index is -0.924. The predicted molar refractivity (Wildman–Crippen MR) is 42.3 cm³/mol. The van der Waals surface area contributed by atoms with Crippen LogP contribution in [0, 0.1) is 0 Å². The first-order valence-corrected chi connectivity index (χ1v) is 3.65. The highest BCUT2D eigenvalue weighted by molar-refractivity contribution is 5.85. The van der Waals surface area contributed by atoms with E-state index in [1.807, 2.05) is 0 Å². The van der Waals surface area contributed by atoms with E-state index in [9.17, 15) is 9.18 Å². The van der Waals surface area contributed by atoms with Crippen molar-refractivity contribution in [3.05, 3.63) is 11.9 Å². The van der Waals surface area contributed by atoms with Crippen molar-refractivity contribution in [2.24, 2.45) is 0 Å². The molecule has 0 unspecified atom stereocenters. The van der Waals surface area contributed by atoms with Crippen LogP contribution in [0.25, 0.3) is 0 Å². The molecule has 0 bridgehead atoms. The number of methoxy groups -OCH3 is 2. The highest BCUT2D eigenvalue weighted by Gasteiger charge is 2.05. The van der Waals surface area contributed by atoms with E-state index in [0.717, 1.165) is 7.11 Å². The minimum absolute atomic E-state index is 0.481. The first-order valence-electron chi connectivity index (χ1n) is 3.65. The second kappa shape index (κ2) is 6.79. The van der Waals surface area contributed by atoms with Crippen molar-refractivity contribution in [1.29, 1.82) is 0 Å². The second-order valence-electron chi connectivity index (χ2n) is 2.18. The summed E-state index contributed by atoms with van der Waals surface area (Å²) in [5, 5.41) is 0. The summed E-state index contributed by atoms with van der Waals surface area (Å²) in [6.45, 7) is 0.560. The number of hydrogen-bond acceptors (Lipinski definition) is 3. The van der Waals surface area contributed by atoms with Crippen LogP contribution in [0.5, 0.6) is 0 Å². The van der Waals surface area contributed by atoms with Gasteiger partial charge in [0.1, 0.15) is 0 Å². The molecule has 0 aliphatic heterocycles. The van der Waals surface area contributed by atoms with Crippen LogP contribution in [0.2, 0.25) is 0 Å². The van der Waals surface area contributed by atoms with Crippen molar-refractivity contribution in [1.82, 2.24) is 0 Å². The lowest BCUT2D eigenvalue weighted by atomic mass is 10.3. The van der Waals surface area contributed by atoms with Gasteiger partial charge in [0.25, 0.3) is 0 Å². The maximum Gasteiger partial charge on any atom is 0.366 e. The molecule has 0 spiro atoms. The summed E-state index contributed by atoms with van der Waals surface area (Å²) in [5.41, 5.74) is 0. The van der Waals surface area contributed by atoms with E-state index in [1.165, 1.54) is 6.08 Å². The Balaban J connectivity index is 3.61. The summed E-state index contributed by atoms with van der Waals surface area (Å²) >= 11 is 0. The smallest absolute Gasteiger partial charge is 0.366 e. The number of halogens is 1. The summed E-state index contributed by atoms with van der Waals surface area (Å²) < 4.78 is 21.5. The number of ether oxygens (including phenoxy) is 2. The van der Waals surface area contributed by atoms with Gasteiger partial charge in [-0.15, -0.1) is 0 Å². The number of carbonyl (C=O) groups excluding carboxylic acids is 1. The summed E-state index contributed by atoms with van der Waals surface area (Å²) in [6.07, 6.45) is 2.38. The maximum atomic E-state index is 12.6. The molecule has 0 aromatic rings. The fourth-order valence-corrected chi connectivity index (χ4v) is 0.637. The number of rotatable bonds is 5. The molecule has 3 nitrogen and oxygen atoms in total. The van der Waals surface area contributed by atoms with E-state index in [1.54, 1.807) is 7.11 Å². The number of unbranched alkanes of at least 4 members (excludes halogenated alkanes) is 1. The Morgan fingerprint density at radius 2 is 2.17 bits per heavy atom. The summed E-state index contributed by atoms with van der Waals surface area (Å²) in [7, 11) is 2.71. The van der Waals surface area contributed by atoms with Gasteiger partial charge in [0.2, 0.25) is 5.83 Å². The Hall–Kier alpha value is -0.900. The zero-order valence-corrected chi connectivity index (χ0v) is 7.30. The molecule has 0 amide bonds. The number of hydrogen-bond donors (Lipinski definition) is 0. The van der Waals surface area contributed by atoms with Crippen LogP contribution in [0.3, 0.4) is 0 Å². The topological polar surface area (TPSA) is 35.5 Å². The highest BCUT2D eigenvalue weighted by atomic mass is 19.1. The second-order valence-corrected chi connectivity index (χ2v) is 2.18. The molecule has 0 heterocycles. The van der Waals surface area contributed by atoms with E-state index < -0.39 is 11.8 Å². The fraction of sp³-hybridized carbons (Fsp3) is 0.625. The Kier molecular flexibility index (Phi) is 6.28. The van der Waals surface area contributed by atoms with Crippen LogP contribution in [-0.4, -0.2) is 26.8 Å². The van der Waals surface area contributed by atoms with Gasteiger partial charge in [-0.25, -0.2) is 4.79 Å². The Bertz CT molecular complexity index is 166. The molecule has 0 fully saturated rings. The summed E-state index contributed by atoms with van der Waals surface area (Å²) in [6, 6.07) is 0. The quantitative estimate of drug-likeness (QED) is 0.361. The van der Waals surface area contributed by atoms with Gasteiger partial charge in [0, 0.05) is 13.7 Å². The van der Waals surface area contributed by atoms with E-state index in [4.69, 9.17) is 4.74 Å². The largest absolute Gasteiger partial charge is 0.464 e. The molecular formula is C8H13FO3. The molecule has 0 rings (SSSR count). The molecule has 12 heavy (non-hydrogen) atoms. The summed E-state index contributed by atoms with van der Waals surface area (Å²) in [4.78, 5) is 10.5. The Morgan fingerprint density at radius 3 is 2.67 bits per heavy atom. The van der Waals surface area contributed by atoms with Gasteiger partial charge in [-0.3, -0.25) is 0 Å². The molecule has 0 N–H and O–H groups in total. The van der Waals surface area contributed by atoms with Crippen molar-refractivity contribution < 1.29 is 18.7 Å². The molecule has 4 heteroatoms. The lowest BCUT2D eigenvalue weighted by Crippen LogP contribution is -2.00. The SMILES string of the molecule is COCCCC=C(F)C(=O)OC. The van der Waals surface area contributed by atoms with E-state index in [-0.39, 0.29) is 0 Å². The van der Waals surface area contributed by atoms with Crippen LogP contribution >= 0.6 is 0 Å². The van der Waals surface area contributed by atoms with Gasteiger partial charge in [-0.05, 0) is 18.9 Å². The molecule has 0 saturated carbocycles. The maximum absolute atomic E-state index is 12.6. The zero-order valence-electron chi connectivity index (χ0n) is 7.30. The van der Waals surface area contributed by atoms with Crippen LogP contribution in [-0.2, 0) is 14.3 Å². The normalized spacial score (nSPS) is 11.4. The standard InChI is InChI=1S/C8H13FO3/c1-11-6-4-3-5-7(9)8(10)12-2/h5H,3-4,6H2,1-2H3. The third-order valence-electron chi connectivity index (χ3n) is 1.26. The first kappa shape index (κ1) is 11.1. The molecule has 0 radical (unpaired) electrons. The van der Waals surface area contributed by atoms with Crippen LogP contribution in [0.1, 0.15) is 12.8 Å². The fourth-order valence-electron chi connectivity index (χ4n) is 0.637. The van der Waals surface area contributed by atoms with E-state index in [0.29, 0.717) is 19.4 Å². The Labute approximate surface area is 71.2 Å². The molecule has 0 aromatic carbocycles. The highest BCUT2D eigenvalue weighted by Crippen LogP contribution is 2.02. The lowest BCUT2D eigenvalue weighted by Gasteiger charge is -1.95. The third kappa shape index (κ3) is 4.85. The lowest BCUT2D eigenvalue weighted by molar-refractivity contribution is -0.137. The van der Waals surface area contributed by atoms with Gasteiger partial charge in [-0.1, -0.05) is 0 Å². The Morgan fingerprint density at radius 1 is 1.50 bits per heavy atom. The average Bonchev–Trinajstić information content (AvgIpc) is 2.10. The van der Waals surface area contributed by atoms with Gasteiger partial charge in [-0.2, -0.15) is 4.39 Å². The minimum Gasteiger partial charge on any atom is -0.464 e. The predicted octanol–water partition coefficient (Wildman–Crippen LogP) is 1.44. The van der Waals surface area contributed by atoms with Crippen molar-refractivity contribution in [2.45, 2.75) is 12.8 Å². The van der Waals surface area contributed by atoms with E-state index in [2.05, 4.69) is 4.74 Å². The van der Waals surface area contributed by atoms with Crippen molar-refractivity contribution >= 4 is 5.97 Å². The van der Waals surface area contributed by atoms with Crippen LogP contribution < -0.4 is 0 Å². The molecule has 0 atom stereocenters. The first-order chi connectivity index (χ1) is 5.72. The average molecular weight is 176 g/mol. The number of esters is 1. The van der Waals surface area contributed by atoms with Gasteiger partial charge in [0.15, 0.2) is 0 Å². The van der Waals surface area contributed by atoms with Gasteiger partial charge < -0.3 is 9.47 Å². The molecule has 0 saturated heterocycles. The van der Waals surface area contributed by atoms with Crippen molar-refractivity contribution in [3.63, 3.8) is 0 Å². The van der Waals surface area contributed by atoms with Crippen molar-refractivity contribution in [2.75, 3.05) is 20.8 Å². The monoisotopic (exact) mass is 176 g/mol. The van der Waals surface area contributed by atoms with Crippen LogP contribution in [0.15, 0.2) is 11.9 Å². The van der Waals surface area contributed by atoms with Gasteiger partial charge in [0.05, 0.1) is 7.11 Å². The molecule has 0 aromatic heterocycles. The molecule has 70 valence electrons. The number of allylic oxidation sites excluding steroid dienone is 1. The third-order valence-corrected chi connectivity index (χ3v) is 1.26. The molecule has 0 aliphatic rings. The van der Waals surface area contributed by atoms with Crippen LogP contribution in [0.4, 0.5) is 4.39 Å². The van der Waals surface area contributed by atoms with Crippen molar-refractivity contribution in [3.8, 4) is 0 Å². The molecular weight excluding hydrogens is 163 g/mol. The van der Waals surface area contributed by atoms with E-state index >= 15 is 0 Å². The number of carbonyl (C=O) groups is 1.